The van der Waals surface area contributed by atoms with Gasteiger partial charge in [-0.15, -0.1) is 0 Å². The molecule has 0 fully saturated rings. The summed E-state index contributed by atoms with van der Waals surface area (Å²) in [5.41, 5.74) is 3.52. The molecule has 8 heteroatoms. The van der Waals surface area contributed by atoms with Crippen molar-refractivity contribution in [2.45, 2.75) is 31.7 Å². The summed E-state index contributed by atoms with van der Waals surface area (Å²) in [5.74, 6) is -0.243. The Morgan fingerprint density at radius 2 is 1.84 bits per heavy atom. The molecule has 3 rings (SSSR count). The third-order valence-electron chi connectivity index (χ3n) is 5.05. The SMILES string of the molecule is Cc1ccc(S(=O)(=O)Nc2ccc(C(=O)N(CCC#N)Cc3cccnc3)cc2)cc1C. The molecule has 0 saturated heterocycles. The molecular formula is C24H24N4O3S. The van der Waals surface area contributed by atoms with Gasteiger partial charge in [-0.05, 0) is 73.0 Å². The number of pyridine rings is 1. The summed E-state index contributed by atoms with van der Waals surface area (Å²) in [6, 6.07) is 16.9. The molecule has 1 N–H and O–H groups in total. The molecule has 0 bridgehead atoms. The quantitative estimate of drug-likeness (QED) is 0.560. The Morgan fingerprint density at radius 3 is 2.47 bits per heavy atom. The maximum Gasteiger partial charge on any atom is 0.261 e. The third-order valence-corrected chi connectivity index (χ3v) is 6.43. The summed E-state index contributed by atoms with van der Waals surface area (Å²) < 4.78 is 27.9. The van der Waals surface area contributed by atoms with E-state index in [2.05, 4.69) is 15.8 Å². The van der Waals surface area contributed by atoms with Gasteiger partial charge in [0.2, 0.25) is 0 Å². The first-order chi connectivity index (χ1) is 15.3. The van der Waals surface area contributed by atoms with Gasteiger partial charge in [0.05, 0.1) is 17.4 Å². The molecule has 1 heterocycles. The Kier molecular flexibility index (Phi) is 7.23. The zero-order valence-corrected chi connectivity index (χ0v) is 18.8. The smallest absolute Gasteiger partial charge is 0.261 e. The van der Waals surface area contributed by atoms with Crippen molar-refractivity contribution in [1.82, 2.24) is 9.88 Å². The fourth-order valence-corrected chi connectivity index (χ4v) is 4.25. The van der Waals surface area contributed by atoms with Crippen molar-refractivity contribution in [3.63, 3.8) is 0 Å². The van der Waals surface area contributed by atoms with E-state index >= 15 is 0 Å². The largest absolute Gasteiger partial charge is 0.333 e. The molecule has 32 heavy (non-hydrogen) atoms. The maximum atomic E-state index is 13.0. The van der Waals surface area contributed by atoms with Crippen LogP contribution in [0.2, 0.25) is 0 Å². The molecule has 1 amide bonds. The maximum absolute atomic E-state index is 13.0. The summed E-state index contributed by atoms with van der Waals surface area (Å²) in [4.78, 5) is 18.8. The van der Waals surface area contributed by atoms with Crippen LogP contribution < -0.4 is 4.72 Å². The second-order valence-corrected chi connectivity index (χ2v) is 9.11. The second-order valence-electron chi connectivity index (χ2n) is 7.43. The molecule has 164 valence electrons. The van der Waals surface area contributed by atoms with Crippen molar-refractivity contribution in [2.75, 3.05) is 11.3 Å². The molecule has 0 aliphatic carbocycles. The molecule has 0 radical (unpaired) electrons. The first-order valence-corrected chi connectivity index (χ1v) is 11.5. The Bertz CT molecular complexity index is 1230. The fourth-order valence-electron chi connectivity index (χ4n) is 3.11. The number of aryl methyl sites for hydroxylation is 2. The minimum atomic E-state index is -3.74. The Labute approximate surface area is 188 Å². The number of hydrogen-bond donors (Lipinski definition) is 1. The highest BCUT2D eigenvalue weighted by Crippen LogP contribution is 2.20. The van der Waals surface area contributed by atoms with E-state index < -0.39 is 10.0 Å². The molecule has 3 aromatic rings. The molecule has 2 aromatic carbocycles. The molecule has 1 aromatic heterocycles. The number of anilines is 1. The number of carbonyl (C=O) groups is 1. The predicted molar refractivity (Wildman–Crippen MR) is 122 cm³/mol. The van der Waals surface area contributed by atoms with E-state index in [0.717, 1.165) is 16.7 Å². The molecule has 0 saturated carbocycles. The molecule has 0 atom stereocenters. The lowest BCUT2D eigenvalue weighted by Crippen LogP contribution is -2.31. The van der Waals surface area contributed by atoms with Gasteiger partial charge in [0.1, 0.15) is 0 Å². The number of carbonyl (C=O) groups excluding carboxylic acids is 1. The first kappa shape index (κ1) is 23.0. The van der Waals surface area contributed by atoms with Gasteiger partial charge in [-0.1, -0.05) is 12.1 Å². The van der Waals surface area contributed by atoms with Crippen molar-refractivity contribution < 1.29 is 13.2 Å². The Balaban J connectivity index is 1.76. The van der Waals surface area contributed by atoms with E-state index in [9.17, 15) is 13.2 Å². The number of rotatable bonds is 8. The summed E-state index contributed by atoms with van der Waals surface area (Å²) in [6.45, 7) is 4.39. The van der Waals surface area contributed by atoms with Crippen molar-refractivity contribution in [3.05, 3.63) is 89.2 Å². The summed E-state index contributed by atoms with van der Waals surface area (Å²) in [6.07, 6.45) is 3.54. The highest BCUT2D eigenvalue weighted by atomic mass is 32.2. The number of benzene rings is 2. The van der Waals surface area contributed by atoms with E-state index in [1.807, 2.05) is 19.9 Å². The average molecular weight is 449 g/mol. The second kappa shape index (κ2) is 10.1. The van der Waals surface area contributed by atoms with Crippen LogP contribution in [-0.2, 0) is 16.6 Å². The van der Waals surface area contributed by atoms with Crippen molar-refractivity contribution in [2.24, 2.45) is 0 Å². The summed E-state index contributed by atoms with van der Waals surface area (Å²) in [7, 11) is -3.74. The lowest BCUT2D eigenvalue weighted by molar-refractivity contribution is 0.0747. The van der Waals surface area contributed by atoms with Gasteiger partial charge in [-0.25, -0.2) is 8.42 Å². The number of nitrogens with one attached hydrogen (secondary N) is 1. The van der Waals surface area contributed by atoms with Crippen LogP contribution >= 0.6 is 0 Å². The molecular weight excluding hydrogens is 424 g/mol. The van der Waals surface area contributed by atoms with Gasteiger partial charge in [0, 0.05) is 36.7 Å². The lowest BCUT2D eigenvalue weighted by atomic mass is 10.1. The number of nitrogens with zero attached hydrogens (tertiary/aromatic N) is 3. The average Bonchev–Trinajstić information content (AvgIpc) is 2.79. The molecule has 0 aliphatic heterocycles. The molecule has 7 nitrogen and oxygen atoms in total. The van der Waals surface area contributed by atoms with Crippen LogP contribution in [0, 0.1) is 25.2 Å². The third kappa shape index (κ3) is 5.71. The molecule has 0 aliphatic rings. The van der Waals surface area contributed by atoms with Gasteiger partial charge in [-0.3, -0.25) is 14.5 Å². The van der Waals surface area contributed by atoms with E-state index in [1.54, 1.807) is 65.8 Å². The van der Waals surface area contributed by atoms with Crippen LogP contribution in [0.5, 0.6) is 0 Å². The number of nitriles is 1. The zero-order valence-electron chi connectivity index (χ0n) is 17.9. The van der Waals surface area contributed by atoms with E-state index in [-0.39, 0.29) is 23.8 Å². The number of aromatic nitrogens is 1. The van der Waals surface area contributed by atoms with Crippen LogP contribution in [-0.4, -0.2) is 30.8 Å². The monoisotopic (exact) mass is 448 g/mol. The minimum Gasteiger partial charge on any atom is -0.333 e. The highest BCUT2D eigenvalue weighted by molar-refractivity contribution is 7.92. The van der Waals surface area contributed by atoms with E-state index in [0.29, 0.717) is 17.8 Å². The normalized spacial score (nSPS) is 10.9. The van der Waals surface area contributed by atoms with Crippen molar-refractivity contribution in [1.29, 1.82) is 5.26 Å². The molecule has 0 spiro atoms. The van der Waals surface area contributed by atoms with Crippen LogP contribution in [0.4, 0.5) is 5.69 Å². The molecule has 0 unspecified atom stereocenters. The first-order valence-electron chi connectivity index (χ1n) is 10.1. The predicted octanol–water partition coefficient (Wildman–Crippen LogP) is 4.06. The number of amides is 1. The van der Waals surface area contributed by atoms with Crippen molar-refractivity contribution in [3.8, 4) is 6.07 Å². The standard InChI is InChI=1S/C24H24N4O3S/c1-18-6-11-23(15-19(18)2)32(30,31)27-22-9-7-21(8-10-22)24(29)28(14-4-12-25)17-20-5-3-13-26-16-20/h3,5-11,13,15-16,27H,4,14,17H2,1-2H3. The van der Waals surface area contributed by atoms with Gasteiger partial charge in [0.15, 0.2) is 0 Å². The number of hydrogen-bond acceptors (Lipinski definition) is 5. The minimum absolute atomic E-state index is 0.180. The zero-order chi connectivity index (χ0) is 23.1. The van der Waals surface area contributed by atoms with Crippen LogP contribution in [0.3, 0.4) is 0 Å². The lowest BCUT2D eigenvalue weighted by Gasteiger charge is -2.22. The van der Waals surface area contributed by atoms with Gasteiger partial charge in [-0.2, -0.15) is 5.26 Å². The summed E-state index contributed by atoms with van der Waals surface area (Å²) >= 11 is 0. The summed E-state index contributed by atoms with van der Waals surface area (Å²) in [5, 5.41) is 8.94. The van der Waals surface area contributed by atoms with E-state index in [1.165, 1.54) is 0 Å². The fraction of sp³-hybridized carbons (Fsp3) is 0.208. The van der Waals surface area contributed by atoms with E-state index in [4.69, 9.17) is 5.26 Å². The van der Waals surface area contributed by atoms with Crippen molar-refractivity contribution >= 4 is 21.6 Å². The topological polar surface area (TPSA) is 103 Å². The van der Waals surface area contributed by atoms with Gasteiger partial charge < -0.3 is 4.90 Å². The highest BCUT2D eigenvalue weighted by Gasteiger charge is 2.18. The number of sulfonamides is 1. The van der Waals surface area contributed by atoms with Crippen LogP contribution in [0.1, 0.15) is 33.5 Å². The Morgan fingerprint density at radius 1 is 1.09 bits per heavy atom. The Hall–Kier alpha value is -3.70. The van der Waals surface area contributed by atoms with Gasteiger partial charge >= 0.3 is 0 Å². The van der Waals surface area contributed by atoms with Crippen LogP contribution in [0.15, 0.2) is 71.9 Å². The van der Waals surface area contributed by atoms with Gasteiger partial charge in [0.25, 0.3) is 15.9 Å². The van der Waals surface area contributed by atoms with Crippen LogP contribution in [0.25, 0.3) is 0 Å².